The minimum atomic E-state index is -0.379. The number of halogens is 1. The number of hydrogen-bond acceptors (Lipinski definition) is 5. The topological polar surface area (TPSA) is 62.1 Å². The summed E-state index contributed by atoms with van der Waals surface area (Å²) >= 11 is 7.53. The standard InChI is InChI=1S/C19H21ClN2O2S/c1-4-24-9-10-25-19-16(11-21)18(14-5-7-15(20)8-6-14)17(13(3)23)12(2)22-19/h5-8,18,22H,4,9-10H2,1-3H3. The Bertz CT molecular complexity index is 748. The number of rotatable bonds is 7. The highest BCUT2D eigenvalue weighted by molar-refractivity contribution is 8.03. The molecule has 0 fully saturated rings. The summed E-state index contributed by atoms with van der Waals surface area (Å²) in [5.41, 5.74) is 2.84. The SMILES string of the molecule is CCOCCSC1=C(C#N)C(c2ccc(Cl)cc2)C(C(C)=O)=C(C)N1. The first kappa shape index (κ1) is 19.6. The van der Waals surface area contributed by atoms with E-state index in [9.17, 15) is 10.1 Å². The van der Waals surface area contributed by atoms with Crippen LogP contribution in [0, 0.1) is 11.3 Å². The van der Waals surface area contributed by atoms with Crippen LogP contribution in [-0.2, 0) is 9.53 Å². The third-order valence-electron chi connectivity index (χ3n) is 3.91. The van der Waals surface area contributed by atoms with Crippen molar-refractivity contribution in [2.24, 2.45) is 0 Å². The van der Waals surface area contributed by atoms with Crippen LogP contribution in [0.25, 0.3) is 0 Å². The van der Waals surface area contributed by atoms with E-state index in [0.29, 0.717) is 29.4 Å². The number of ether oxygens (including phenoxy) is 1. The fraction of sp³-hybridized carbons (Fsp3) is 0.368. The van der Waals surface area contributed by atoms with E-state index in [1.54, 1.807) is 12.1 Å². The summed E-state index contributed by atoms with van der Waals surface area (Å²) in [6.45, 7) is 6.63. The fourth-order valence-electron chi connectivity index (χ4n) is 2.83. The molecule has 1 aromatic carbocycles. The molecule has 0 radical (unpaired) electrons. The lowest BCUT2D eigenvalue weighted by Gasteiger charge is -2.29. The second-order valence-corrected chi connectivity index (χ2v) is 7.15. The molecule has 1 aliphatic rings. The van der Waals surface area contributed by atoms with Gasteiger partial charge in [-0.15, -0.1) is 11.8 Å². The number of Topliss-reactive ketones (excluding diaryl/α,β-unsaturated/α-hetero) is 1. The minimum Gasteiger partial charge on any atom is -0.381 e. The number of allylic oxidation sites excluding steroid dienone is 3. The first-order valence-electron chi connectivity index (χ1n) is 8.08. The average Bonchev–Trinajstić information content (AvgIpc) is 2.58. The van der Waals surface area contributed by atoms with E-state index in [1.165, 1.54) is 18.7 Å². The van der Waals surface area contributed by atoms with Crippen LogP contribution >= 0.6 is 23.4 Å². The van der Waals surface area contributed by atoms with Gasteiger partial charge in [-0.25, -0.2) is 0 Å². The van der Waals surface area contributed by atoms with Crippen molar-refractivity contribution in [3.05, 3.63) is 56.7 Å². The van der Waals surface area contributed by atoms with E-state index >= 15 is 0 Å². The normalized spacial score (nSPS) is 17.3. The van der Waals surface area contributed by atoms with Gasteiger partial charge in [0, 0.05) is 28.7 Å². The molecule has 6 heteroatoms. The van der Waals surface area contributed by atoms with E-state index in [4.69, 9.17) is 16.3 Å². The smallest absolute Gasteiger partial charge is 0.158 e. The number of thioether (sulfide) groups is 1. The Morgan fingerprint density at radius 1 is 1.40 bits per heavy atom. The summed E-state index contributed by atoms with van der Waals surface area (Å²) in [5, 5.41) is 14.4. The molecule has 2 rings (SSSR count). The molecule has 25 heavy (non-hydrogen) atoms. The van der Waals surface area contributed by atoms with Crippen molar-refractivity contribution in [3.8, 4) is 6.07 Å². The molecule has 1 unspecified atom stereocenters. The predicted molar refractivity (Wildman–Crippen MR) is 102 cm³/mol. The van der Waals surface area contributed by atoms with Crippen LogP contribution in [0.2, 0.25) is 5.02 Å². The van der Waals surface area contributed by atoms with E-state index in [1.807, 2.05) is 26.0 Å². The minimum absolute atomic E-state index is 0.0453. The number of carbonyl (C=O) groups is 1. The molecule has 0 spiro atoms. The monoisotopic (exact) mass is 376 g/mol. The molecular weight excluding hydrogens is 356 g/mol. The Morgan fingerprint density at radius 2 is 2.08 bits per heavy atom. The Hall–Kier alpha value is -1.74. The second kappa shape index (κ2) is 9.10. The highest BCUT2D eigenvalue weighted by atomic mass is 35.5. The van der Waals surface area contributed by atoms with E-state index in [0.717, 1.165) is 22.0 Å². The molecular formula is C19H21ClN2O2S. The lowest BCUT2D eigenvalue weighted by Crippen LogP contribution is -2.27. The zero-order chi connectivity index (χ0) is 18.4. The van der Waals surface area contributed by atoms with Gasteiger partial charge in [0.05, 0.1) is 29.2 Å². The summed E-state index contributed by atoms with van der Waals surface area (Å²) in [6, 6.07) is 9.60. The number of dihydropyridines is 1. The van der Waals surface area contributed by atoms with Crippen LogP contribution in [0.1, 0.15) is 32.3 Å². The molecule has 1 aliphatic heterocycles. The van der Waals surface area contributed by atoms with E-state index < -0.39 is 0 Å². The van der Waals surface area contributed by atoms with Crippen LogP contribution < -0.4 is 5.32 Å². The fourth-order valence-corrected chi connectivity index (χ4v) is 3.90. The van der Waals surface area contributed by atoms with Crippen molar-refractivity contribution >= 4 is 29.1 Å². The number of carbonyl (C=O) groups excluding carboxylic acids is 1. The molecule has 1 atom stereocenters. The summed E-state index contributed by atoms with van der Waals surface area (Å²) in [7, 11) is 0. The van der Waals surface area contributed by atoms with E-state index in [2.05, 4.69) is 11.4 Å². The predicted octanol–water partition coefficient (Wildman–Crippen LogP) is 4.39. The molecule has 0 saturated heterocycles. The molecule has 0 aliphatic carbocycles. The number of benzene rings is 1. The first-order valence-corrected chi connectivity index (χ1v) is 9.44. The molecule has 4 nitrogen and oxygen atoms in total. The van der Waals surface area contributed by atoms with Gasteiger partial charge in [0.2, 0.25) is 0 Å². The molecule has 1 heterocycles. The van der Waals surface area contributed by atoms with Gasteiger partial charge in [0.25, 0.3) is 0 Å². The maximum absolute atomic E-state index is 12.2. The van der Waals surface area contributed by atoms with Gasteiger partial charge in [-0.05, 0) is 38.5 Å². The van der Waals surface area contributed by atoms with Gasteiger partial charge < -0.3 is 10.1 Å². The highest BCUT2D eigenvalue weighted by Crippen LogP contribution is 2.40. The van der Waals surface area contributed by atoms with Gasteiger partial charge >= 0.3 is 0 Å². The Balaban J connectivity index is 2.44. The number of ketones is 1. The molecule has 0 bridgehead atoms. The highest BCUT2D eigenvalue weighted by Gasteiger charge is 2.32. The van der Waals surface area contributed by atoms with Gasteiger partial charge in [-0.3, -0.25) is 4.79 Å². The second-order valence-electron chi connectivity index (χ2n) is 5.60. The summed E-state index contributed by atoms with van der Waals surface area (Å²) in [4.78, 5) is 12.2. The van der Waals surface area contributed by atoms with Gasteiger partial charge in [-0.1, -0.05) is 23.7 Å². The lowest BCUT2D eigenvalue weighted by atomic mass is 9.81. The molecule has 0 aromatic heterocycles. The Morgan fingerprint density at radius 3 is 2.64 bits per heavy atom. The van der Waals surface area contributed by atoms with Crippen molar-refractivity contribution in [3.63, 3.8) is 0 Å². The van der Waals surface area contributed by atoms with Gasteiger partial charge in [0.1, 0.15) is 0 Å². The number of hydrogen-bond donors (Lipinski definition) is 1. The van der Waals surface area contributed by atoms with Crippen molar-refractivity contribution in [2.45, 2.75) is 26.7 Å². The van der Waals surface area contributed by atoms with Crippen molar-refractivity contribution in [1.29, 1.82) is 5.26 Å². The van der Waals surface area contributed by atoms with Crippen molar-refractivity contribution in [1.82, 2.24) is 5.32 Å². The third-order valence-corrected chi connectivity index (χ3v) is 5.14. The van der Waals surface area contributed by atoms with Gasteiger partial charge in [0.15, 0.2) is 5.78 Å². The summed E-state index contributed by atoms with van der Waals surface area (Å²) < 4.78 is 5.37. The molecule has 1 aromatic rings. The number of nitrogens with zero attached hydrogens (tertiary/aromatic N) is 1. The molecule has 0 saturated carbocycles. The summed E-state index contributed by atoms with van der Waals surface area (Å²) in [6.07, 6.45) is 0. The van der Waals surface area contributed by atoms with Crippen LogP contribution in [0.5, 0.6) is 0 Å². The van der Waals surface area contributed by atoms with Crippen LogP contribution in [0.3, 0.4) is 0 Å². The Kier molecular flexibility index (Phi) is 7.12. The van der Waals surface area contributed by atoms with Crippen LogP contribution in [0.4, 0.5) is 0 Å². The zero-order valence-corrected chi connectivity index (χ0v) is 16.1. The zero-order valence-electron chi connectivity index (χ0n) is 14.6. The maximum Gasteiger partial charge on any atom is 0.158 e. The van der Waals surface area contributed by atoms with Gasteiger partial charge in [-0.2, -0.15) is 5.26 Å². The van der Waals surface area contributed by atoms with Crippen molar-refractivity contribution < 1.29 is 9.53 Å². The Labute approximate surface area is 157 Å². The molecule has 132 valence electrons. The number of nitrogens with one attached hydrogen (secondary N) is 1. The molecule has 0 amide bonds. The largest absolute Gasteiger partial charge is 0.381 e. The lowest BCUT2D eigenvalue weighted by molar-refractivity contribution is -0.113. The average molecular weight is 377 g/mol. The van der Waals surface area contributed by atoms with Crippen LogP contribution in [0.15, 0.2) is 46.1 Å². The quantitative estimate of drug-likeness (QED) is 0.715. The van der Waals surface area contributed by atoms with Crippen LogP contribution in [-0.4, -0.2) is 24.7 Å². The third kappa shape index (κ3) is 4.66. The maximum atomic E-state index is 12.2. The molecule has 1 N–H and O–H groups in total. The first-order chi connectivity index (χ1) is 12.0. The summed E-state index contributed by atoms with van der Waals surface area (Å²) in [5.74, 6) is 0.309. The number of nitriles is 1. The van der Waals surface area contributed by atoms with Crippen molar-refractivity contribution in [2.75, 3.05) is 19.0 Å². The van der Waals surface area contributed by atoms with E-state index in [-0.39, 0.29) is 11.7 Å².